The van der Waals surface area contributed by atoms with E-state index in [-0.39, 0.29) is 42.0 Å². The lowest BCUT2D eigenvalue weighted by Gasteiger charge is -2.20. The molecule has 0 spiro atoms. The normalized spacial score (nSPS) is 18.6. The van der Waals surface area contributed by atoms with Crippen molar-refractivity contribution in [1.82, 2.24) is 20.5 Å². The maximum atomic E-state index is 14.9. The summed E-state index contributed by atoms with van der Waals surface area (Å²) in [5.74, 6) is -1.21. The summed E-state index contributed by atoms with van der Waals surface area (Å²) in [5.41, 5.74) is 0.816. The van der Waals surface area contributed by atoms with Crippen LogP contribution in [0.3, 0.4) is 0 Å². The Hall–Kier alpha value is -4.40. The number of nitrogens with zero attached hydrogens (tertiary/aromatic N) is 4. The Morgan fingerprint density at radius 1 is 1.32 bits per heavy atom. The number of halogens is 1. The third-order valence-electron chi connectivity index (χ3n) is 5.59. The molecule has 3 amide bonds. The monoisotopic (exact) mass is 545 g/mol. The van der Waals surface area contributed by atoms with Gasteiger partial charge in [-0.15, -0.1) is 0 Å². The van der Waals surface area contributed by atoms with Crippen LogP contribution in [0.25, 0.3) is 11.3 Å². The minimum Gasteiger partial charge on any atom is -0.442 e. The summed E-state index contributed by atoms with van der Waals surface area (Å²) in [6.45, 7) is 1.60. The van der Waals surface area contributed by atoms with Gasteiger partial charge >= 0.3 is 11.1 Å². The lowest BCUT2D eigenvalue weighted by Crippen LogP contribution is -2.42. The number of nitrogens with one attached hydrogen (secondary N) is 3. The standard InChI is InChI=1S/C23H24FN7O6S/c1-13(32)25-9-16-11-30(23(34)37-16)15-4-5-17(18(24)7-15)19-6-3-14(8-27-19)26-10-20(33)28-22-29(2)12-21(38-22)31(35)36/h3-8,12,16,22,26H,9-11H2,1-2H3,(H,25,32)(H,28,33)/t16-,22?/m0/s1. The third kappa shape index (κ3) is 6.29. The molecule has 3 heterocycles. The van der Waals surface area contributed by atoms with Gasteiger partial charge in [0.2, 0.25) is 11.8 Å². The molecule has 0 radical (unpaired) electrons. The zero-order valence-electron chi connectivity index (χ0n) is 20.3. The summed E-state index contributed by atoms with van der Waals surface area (Å²) < 4.78 is 20.1. The number of amides is 3. The molecule has 1 aromatic carbocycles. The van der Waals surface area contributed by atoms with Gasteiger partial charge in [0, 0.05) is 19.5 Å². The minimum absolute atomic E-state index is 0.0580. The van der Waals surface area contributed by atoms with Crippen molar-refractivity contribution in [2.45, 2.75) is 18.5 Å². The predicted molar refractivity (Wildman–Crippen MR) is 137 cm³/mol. The highest BCUT2D eigenvalue weighted by atomic mass is 32.2. The minimum atomic E-state index is -0.627. The van der Waals surface area contributed by atoms with Crippen LogP contribution in [-0.2, 0) is 14.3 Å². The first-order valence-electron chi connectivity index (χ1n) is 11.4. The number of anilines is 2. The molecule has 2 aliphatic rings. The molecular formula is C23H24FN7O6S. The van der Waals surface area contributed by atoms with Crippen LogP contribution in [0.2, 0.25) is 0 Å². The van der Waals surface area contributed by atoms with Crippen molar-refractivity contribution in [2.24, 2.45) is 0 Å². The van der Waals surface area contributed by atoms with Crippen LogP contribution >= 0.6 is 11.8 Å². The average Bonchev–Trinajstić information content (AvgIpc) is 3.44. The molecule has 1 fully saturated rings. The molecule has 1 saturated heterocycles. The van der Waals surface area contributed by atoms with Gasteiger partial charge in [-0.2, -0.15) is 0 Å². The van der Waals surface area contributed by atoms with Crippen LogP contribution in [0, 0.1) is 15.9 Å². The van der Waals surface area contributed by atoms with Gasteiger partial charge in [-0.3, -0.25) is 29.6 Å². The van der Waals surface area contributed by atoms with Gasteiger partial charge in [-0.05, 0) is 42.1 Å². The van der Waals surface area contributed by atoms with Gasteiger partial charge in [-0.1, -0.05) is 0 Å². The Morgan fingerprint density at radius 2 is 2.11 bits per heavy atom. The Bertz CT molecular complexity index is 1290. The van der Waals surface area contributed by atoms with Gasteiger partial charge in [0.1, 0.15) is 11.9 Å². The molecule has 1 aromatic heterocycles. The number of aromatic nitrogens is 1. The molecule has 1 unspecified atom stereocenters. The molecule has 0 aliphatic carbocycles. The summed E-state index contributed by atoms with van der Waals surface area (Å²) in [6.07, 6.45) is 1.63. The SMILES string of the molecule is CC(=O)NC[C@H]1CN(c2ccc(-c3ccc(NCC(=O)NC4SC([N+](=O)[O-])=CN4C)cn3)c(F)c2)C(=O)O1. The van der Waals surface area contributed by atoms with Gasteiger partial charge < -0.3 is 25.6 Å². The topological polar surface area (TPSA) is 159 Å². The number of rotatable bonds is 9. The van der Waals surface area contributed by atoms with Crippen LogP contribution in [0.4, 0.5) is 20.6 Å². The van der Waals surface area contributed by atoms with Crippen LogP contribution in [0.15, 0.2) is 47.8 Å². The number of benzene rings is 1. The molecule has 2 atom stereocenters. The van der Waals surface area contributed by atoms with Crippen molar-refractivity contribution in [2.75, 3.05) is 36.9 Å². The highest BCUT2D eigenvalue weighted by molar-refractivity contribution is 8.03. The Balaban J connectivity index is 1.32. The van der Waals surface area contributed by atoms with E-state index in [1.807, 2.05) is 0 Å². The summed E-state index contributed by atoms with van der Waals surface area (Å²) in [6, 6.07) is 7.52. The predicted octanol–water partition coefficient (Wildman–Crippen LogP) is 1.91. The first-order chi connectivity index (χ1) is 18.1. The van der Waals surface area contributed by atoms with E-state index < -0.39 is 28.4 Å². The summed E-state index contributed by atoms with van der Waals surface area (Å²) in [7, 11) is 1.62. The maximum Gasteiger partial charge on any atom is 0.414 e. The number of carbonyl (C=O) groups excluding carboxylic acids is 3. The fourth-order valence-corrected chi connectivity index (χ4v) is 4.66. The number of thioether (sulfide) groups is 1. The van der Waals surface area contributed by atoms with Crippen molar-refractivity contribution in [3.8, 4) is 11.3 Å². The van der Waals surface area contributed by atoms with Crippen molar-refractivity contribution < 1.29 is 28.4 Å². The lowest BCUT2D eigenvalue weighted by atomic mass is 10.1. The van der Waals surface area contributed by atoms with Crippen molar-refractivity contribution in [3.63, 3.8) is 0 Å². The number of nitro groups is 1. The smallest absolute Gasteiger partial charge is 0.414 e. The quantitative estimate of drug-likeness (QED) is 0.314. The van der Waals surface area contributed by atoms with Crippen molar-refractivity contribution in [1.29, 1.82) is 0 Å². The van der Waals surface area contributed by atoms with Crippen LogP contribution < -0.4 is 20.9 Å². The molecule has 200 valence electrons. The Labute approximate surface area is 220 Å². The Morgan fingerprint density at radius 3 is 2.74 bits per heavy atom. The summed E-state index contributed by atoms with van der Waals surface area (Å²) in [4.78, 5) is 53.0. The number of pyridine rings is 1. The zero-order chi connectivity index (χ0) is 27.4. The van der Waals surface area contributed by atoms with Crippen molar-refractivity contribution >= 4 is 41.0 Å². The van der Waals surface area contributed by atoms with Crippen molar-refractivity contribution in [3.05, 3.63) is 63.7 Å². The largest absolute Gasteiger partial charge is 0.442 e. The van der Waals surface area contributed by atoms with Crippen LogP contribution in [0.5, 0.6) is 0 Å². The second-order valence-electron chi connectivity index (χ2n) is 8.43. The van der Waals surface area contributed by atoms with Gasteiger partial charge in [-0.25, -0.2) is 9.18 Å². The zero-order valence-corrected chi connectivity index (χ0v) is 21.2. The fraction of sp³-hybridized carbons (Fsp3) is 0.304. The number of hydrogen-bond donors (Lipinski definition) is 3. The fourth-order valence-electron chi connectivity index (χ4n) is 3.70. The van der Waals surface area contributed by atoms with E-state index in [9.17, 15) is 28.9 Å². The lowest BCUT2D eigenvalue weighted by molar-refractivity contribution is -0.410. The van der Waals surface area contributed by atoms with E-state index in [2.05, 4.69) is 20.9 Å². The number of hydrogen-bond acceptors (Lipinski definition) is 10. The third-order valence-corrected chi connectivity index (χ3v) is 6.76. The molecule has 2 aromatic rings. The molecule has 15 heteroatoms. The first kappa shape index (κ1) is 26.7. The molecule has 0 saturated carbocycles. The average molecular weight is 546 g/mol. The molecule has 3 N–H and O–H groups in total. The van der Waals surface area contributed by atoms with E-state index in [1.54, 1.807) is 25.2 Å². The van der Waals surface area contributed by atoms with Gasteiger partial charge in [0.05, 0.1) is 54.0 Å². The molecule has 38 heavy (non-hydrogen) atoms. The number of carbonyl (C=O) groups is 3. The molecule has 13 nitrogen and oxygen atoms in total. The highest BCUT2D eigenvalue weighted by Gasteiger charge is 2.33. The summed E-state index contributed by atoms with van der Waals surface area (Å²) in [5, 5.41) is 19.0. The second-order valence-corrected chi connectivity index (χ2v) is 9.53. The summed E-state index contributed by atoms with van der Waals surface area (Å²) >= 11 is 0.927. The number of ether oxygens (including phenoxy) is 1. The van der Waals surface area contributed by atoms with E-state index in [0.717, 1.165) is 11.8 Å². The first-order valence-corrected chi connectivity index (χ1v) is 12.3. The number of cyclic esters (lactones) is 1. The second kappa shape index (κ2) is 11.3. The van der Waals surface area contributed by atoms with Crippen LogP contribution in [-0.4, -0.2) is 71.0 Å². The van der Waals surface area contributed by atoms with E-state index in [1.165, 1.54) is 41.3 Å². The highest BCUT2D eigenvalue weighted by Crippen LogP contribution is 2.30. The molecule has 0 bridgehead atoms. The van der Waals surface area contributed by atoms with Gasteiger partial charge in [0.15, 0.2) is 5.50 Å². The molecular weight excluding hydrogens is 521 g/mol. The van der Waals surface area contributed by atoms with E-state index in [4.69, 9.17) is 4.74 Å². The van der Waals surface area contributed by atoms with Gasteiger partial charge in [0.25, 0.3) is 0 Å². The Kier molecular flexibility index (Phi) is 7.95. The van der Waals surface area contributed by atoms with E-state index >= 15 is 0 Å². The van der Waals surface area contributed by atoms with E-state index in [0.29, 0.717) is 17.1 Å². The molecule has 4 rings (SSSR count). The van der Waals surface area contributed by atoms with Crippen LogP contribution in [0.1, 0.15) is 6.92 Å². The maximum absolute atomic E-state index is 14.9. The molecule has 2 aliphatic heterocycles.